The molecular weight excluding hydrogens is 430 g/mol. The molecule has 25 heavy (non-hydrogen) atoms. The van der Waals surface area contributed by atoms with Gasteiger partial charge in [0.25, 0.3) is 0 Å². The van der Waals surface area contributed by atoms with Crippen molar-refractivity contribution in [3.63, 3.8) is 0 Å². The highest BCUT2D eigenvalue weighted by Crippen LogP contribution is 2.15. The number of aliphatic imine (C=N–C) groups is 1. The van der Waals surface area contributed by atoms with E-state index in [1.54, 1.807) is 6.07 Å². The second-order valence-corrected chi connectivity index (χ2v) is 6.29. The summed E-state index contributed by atoms with van der Waals surface area (Å²) >= 11 is 0. The Labute approximate surface area is 166 Å². The minimum Gasteiger partial charge on any atom is -0.370 e. The number of anilines is 1. The van der Waals surface area contributed by atoms with Gasteiger partial charge < -0.3 is 16.0 Å². The summed E-state index contributed by atoms with van der Waals surface area (Å²) in [6.45, 7) is 5.02. The van der Waals surface area contributed by atoms with Crippen LogP contribution in [-0.2, 0) is 13.1 Å². The standard InChI is InChI=1S/C19H25FN4.HI/c1-13-5-8-17(9-14(13)2)23-19(21)22-11-15-6-7-16(12-24(3)4)18(20)10-15;/h5-10H,11-12H2,1-4H3,(H3,21,22,23);1H. The van der Waals surface area contributed by atoms with Crippen molar-refractivity contribution in [2.45, 2.75) is 26.9 Å². The molecule has 0 unspecified atom stereocenters. The molecule has 136 valence electrons. The van der Waals surface area contributed by atoms with Crippen LogP contribution in [0.4, 0.5) is 10.1 Å². The van der Waals surface area contributed by atoms with Crippen molar-refractivity contribution in [3.8, 4) is 0 Å². The van der Waals surface area contributed by atoms with Gasteiger partial charge in [-0.15, -0.1) is 24.0 Å². The second kappa shape index (κ2) is 9.72. The molecule has 0 heterocycles. The molecule has 2 rings (SSSR count). The maximum Gasteiger partial charge on any atom is 0.193 e. The summed E-state index contributed by atoms with van der Waals surface area (Å²) in [6, 6.07) is 11.2. The quantitative estimate of drug-likeness (QED) is 0.406. The van der Waals surface area contributed by atoms with Crippen LogP contribution in [-0.4, -0.2) is 25.0 Å². The molecule has 6 heteroatoms. The van der Waals surface area contributed by atoms with E-state index in [0.717, 1.165) is 11.3 Å². The molecule has 0 saturated carbocycles. The molecule has 0 spiro atoms. The molecule has 0 aliphatic heterocycles. The summed E-state index contributed by atoms with van der Waals surface area (Å²) in [7, 11) is 3.83. The van der Waals surface area contributed by atoms with Crippen LogP contribution in [0, 0.1) is 19.7 Å². The monoisotopic (exact) mass is 456 g/mol. The summed E-state index contributed by atoms with van der Waals surface area (Å²) in [5.74, 6) is 0.105. The lowest BCUT2D eigenvalue weighted by molar-refractivity contribution is 0.392. The predicted octanol–water partition coefficient (Wildman–Crippen LogP) is 4.05. The maximum atomic E-state index is 14.0. The molecule has 3 N–H and O–H groups in total. The summed E-state index contributed by atoms with van der Waals surface area (Å²) < 4.78 is 14.0. The van der Waals surface area contributed by atoms with Gasteiger partial charge >= 0.3 is 0 Å². The minimum absolute atomic E-state index is 0. The van der Waals surface area contributed by atoms with Crippen LogP contribution in [0.5, 0.6) is 0 Å². The third kappa shape index (κ3) is 6.62. The Morgan fingerprint density at radius 1 is 1.12 bits per heavy atom. The van der Waals surface area contributed by atoms with Crippen LogP contribution in [0.15, 0.2) is 41.4 Å². The first-order valence-corrected chi connectivity index (χ1v) is 7.91. The van der Waals surface area contributed by atoms with Crippen LogP contribution >= 0.6 is 24.0 Å². The van der Waals surface area contributed by atoms with Gasteiger partial charge in [0, 0.05) is 17.8 Å². The normalized spacial score (nSPS) is 11.4. The van der Waals surface area contributed by atoms with Gasteiger partial charge in [0.1, 0.15) is 5.82 Å². The van der Waals surface area contributed by atoms with Crippen LogP contribution in [0.25, 0.3) is 0 Å². The Morgan fingerprint density at radius 2 is 1.84 bits per heavy atom. The van der Waals surface area contributed by atoms with Crippen molar-refractivity contribution in [2.24, 2.45) is 10.7 Å². The lowest BCUT2D eigenvalue weighted by Gasteiger charge is -2.11. The van der Waals surface area contributed by atoms with Gasteiger partial charge in [-0.1, -0.05) is 18.2 Å². The van der Waals surface area contributed by atoms with Gasteiger partial charge in [-0.05, 0) is 62.8 Å². The van der Waals surface area contributed by atoms with Crippen molar-refractivity contribution in [1.82, 2.24) is 4.90 Å². The Kier molecular flexibility index (Phi) is 8.31. The molecule has 4 nitrogen and oxygen atoms in total. The van der Waals surface area contributed by atoms with Gasteiger partial charge in [0.15, 0.2) is 5.96 Å². The average molecular weight is 456 g/mol. The number of aryl methyl sites for hydroxylation is 2. The molecule has 0 aromatic heterocycles. The molecule has 0 aliphatic carbocycles. The highest BCUT2D eigenvalue weighted by molar-refractivity contribution is 14.0. The predicted molar refractivity (Wildman–Crippen MR) is 114 cm³/mol. The Morgan fingerprint density at radius 3 is 2.44 bits per heavy atom. The van der Waals surface area contributed by atoms with E-state index >= 15 is 0 Å². The molecule has 0 fully saturated rings. The zero-order valence-corrected chi connectivity index (χ0v) is 17.5. The van der Waals surface area contributed by atoms with E-state index in [9.17, 15) is 4.39 Å². The highest BCUT2D eigenvalue weighted by Gasteiger charge is 2.05. The lowest BCUT2D eigenvalue weighted by atomic mass is 10.1. The summed E-state index contributed by atoms with van der Waals surface area (Å²) in [5.41, 5.74) is 10.7. The first-order chi connectivity index (χ1) is 11.3. The molecule has 0 amide bonds. The van der Waals surface area contributed by atoms with Gasteiger partial charge in [0.2, 0.25) is 0 Å². The van der Waals surface area contributed by atoms with Crippen molar-refractivity contribution in [1.29, 1.82) is 0 Å². The van der Waals surface area contributed by atoms with Gasteiger partial charge in [-0.3, -0.25) is 0 Å². The molecule has 0 atom stereocenters. The fraction of sp³-hybridized carbons (Fsp3) is 0.316. The van der Waals surface area contributed by atoms with Crippen molar-refractivity contribution >= 4 is 35.6 Å². The van der Waals surface area contributed by atoms with E-state index in [2.05, 4.69) is 17.2 Å². The molecule has 0 radical (unpaired) electrons. The fourth-order valence-electron chi connectivity index (χ4n) is 2.34. The molecule has 2 aromatic rings. The first-order valence-electron chi connectivity index (χ1n) is 7.91. The fourth-order valence-corrected chi connectivity index (χ4v) is 2.34. The number of hydrogen-bond donors (Lipinski definition) is 2. The summed E-state index contributed by atoms with van der Waals surface area (Å²) in [4.78, 5) is 6.21. The lowest BCUT2D eigenvalue weighted by Crippen LogP contribution is -2.22. The zero-order chi connectivity index (χ0) is 17.7. The third-order valence-electron chi connectivity index (χ3n) is 3.82. The van der Waals surface area contributed by atoms with Crippen LogP contribution < -0.4 is 11.1 Å². The van der Waals surface area contributed by atoms with Crippen molar-refractivity contribution < 1.29 is 4.39 Å². The number of nitrogens with one attached hydrogen (secondary N) is 1. The molecule has 0 aliphatic rings. The molecule has 0 saturated heterocycles. The van der Waals surface area contributed by atoms with E-state index in [1.165, 1.54) is 17.2 Å². The third-order valence-corrected chi connectivity index (χ3v) is 3.82. The first kappa shape index (κ1) is 21.4. The van der Waals surface area contributed by atoms with E-state index in [1.807, 2.05) is 50.2 Å². The maximum absolute atomic E-state index is 14.0. The van der Waals surface area contributed by atoms with E-state index < -0.39 is 0 Å². The van der Waals surface area contributed by atoms with Crippen LogP contribution in [0.3, 0.4) is 0 Å². The van der Waals surface area contributed by atoms with Crippen LogP contribution in [0.2, 0.25) is 0 Å². The van der Waals surface area contributed by atoms with E-state index in [0.29, 0.717) is 24.6 Å². The van der Waals surface area contributed by atoms with Gasteiger partial charge in [-0.2, -0.15) is 0 Å². The largest absolute Gasteiger partial charge is 0.370 e. The Balaban J connectivity index is 0.00000312. The molecular formula is C19H26FIN4. The smallest absolute Gasteiger partial charge is 0.193 e. The number of hydrogen-bond acceptors (Lipinski definition) is 2. The molecule has 2 aromatic carbocycles. The average Bonchev–Trinajstić information content (AvgIpc) is 2.51. The minimum atomic E-state index is -0.211. The number of nitrogens with two attached hydrogens (primary N) is 1. The van der Waals surface area contributed by atoms with Gasteiger partial charge in [0.05, 0.1) is 6.54 Å². The van der Waals surface area contributed by atoms with Crippen LogP contribution in [0.1, 0.15) is 22.3 Å². The highest BCUT2D eigenvalue weighted by atomic mass is 127. The number of benzene rings is 2. The van der Waals surface area contributed by atoms with E-state index in [4.69, 9.17) is 5.73 Å². The number of halogens is 2. The Bertz CT molecular complexity index is 744. The van der Waals surface area contributed by atoms with Crippen molar-refractivity contribution in [3.05, 3.63) is 64.5 Å². The number of rotatable bonds is 5. The second-order valence-electron chi connectivity index (χ2n) is 6.29. The SMILES string of the molecule is Cc1ccc(NC(N)=NCc2ccc(CN(C)C)c(F)c2)cc1C.I. The number of nitrogens with zero attached hydrogens (tertiary/aromatic N) is 2. The number of guanidine groups is 1. The summed E-state index contributed by atoms with van der Waals surface area (Å²) in [6.07, 6.45) is 0. The van der Waals surface area contributed by atoms with Gasteiger partial charge in [-0.25, -0.2) is 9.38 Å². The van der Waals surface area contributed by atoms with Crippen molar-refractivity contribution in [2.75, 3.05) is 19.4 Å². The summed E-state index contributed by atoms with van der Waals surface area (Å²) in [5, 5.41) is 3.06. The van der Waals surface area contributed by atoms with E-state index in [-0.39, 0.29) is 29.8 Å². The topological polar surface area (TPSA) is 53.6 Å². The molecule has 0 bridgehead atoms. The zero-order valence-electron chi connectivity index (χ0n) is 15.1. The Hall–Kier alpha value is -1.67.